The number of rotatable bonds is 25. The lowest BCUT2D eigenvalue weighted by Gasteiger charge is -2.29. The van der Waals surface area contributed by atoms with Crippen LogP contribution < -0.4 is 31.9 Å². The number of carbonyl (C=O) groups is 14. The van der Waals surface area contributed by atoms with Crippen LogP contribution in [0, 0.1) is 5.92 Å². The van der Waals surface area contributed by atoms with Gasteiger partial charge in [0.1, 0.15) is 12.1 Å². The van der Waals surface area contributed by atoms with Crippen LogP contribution in [-0.2, 0) is 68.9 Å². The van der Waals surface area contributed by atoms with Crippen LogP contribution in [0.1, 0.15) is 96.2 Å². The lowest BCUT2D eigenvalue weighted by atomic mass is 9.93. The van der Waals surface area contributed by atoms with Gasteiger partial charge in [0.05, 0.1) is 66.8 Å². The Kier molecular flexibility index (Phi) is 19.6. The number of nitrogens with zero attached hydrogens (tertiary/aromatic N) is 4. The highest BCUT2D eigenvalue weighted by molar-refractivity contribution is 8.00. The summed E-state index contributed by atoms with van der Waals surface area (Å²) >= 11 is 1.45. The van der Waals surface area contributed by atoms with E-state index in [1.807, 2.05) is 0 Å². The Labute approximate surface area is 458 Å². The van der Waals surface area contributed by atoms with Gasteiger partial charge in [-0.3, -0.25) is 57.9 Å². The fourth-order valence-electron chi connectivity index (χ4n) is 9.31. The first kappa shape index (κ1) is 58.8. The van der Waals surface area contributed by atoms with Crippen LogP contribution in [0.3, 0.4) is 0 Å². The summed E-state index contributed by atoms with van der Waals surface area (Å²) in [6, 6.07) is 3.55. The molecule has 424 valence electrons. The number of ketones is 2. The lowest BCUT2D eigenvalue weighted by Crippen LogP contribution is -2.53. The molecular formula is C51H56N10O18S. The molecule has 5 heterocycles. The zero-order valence-corrected chi connectivity index (χ0v) is 43.5. The summed E-state index contributed by atoms with van der Waals surface area (Å²) in [5, 5.41) is 34.1. The van der Waals surface area contributed by atoms with Gasteiger partial charge in [0.25, 0.3) is 17.7 Å². The van der Waals surface area contributed by atoms with E-state index in [9.17, 15) is 77.3 Å². The van der Waals surface area contributed by atoms with Gasteiger partial charge < -0.3 is 56.6 Å². The minimum absolute atomic E-state index is 0.00587. The third-order valence-corrected chi connectivity index (χ3v) is 15.0. The summed E-state index contributed by atoms with van der Waals surface area (Å²) in [4.78, 5) is 193. The number of hydroxylamine groups is 2. The van der Waals surface area contributed by atoms with Crippen molar-refractivity contribution in [1.29, 1.82) is 0 Å². The van der Waals surface area contributed by atoms with Gasteiger partial charge in [0.2, 0.25) is 23.6 Å². The van der Waals surface area contributed by atoms with Crippen molar-refractivity contribution in [3.63, 3.8) is 0 Å². The molecule has 1 aromatic carbocycles. The van der Waals surface area contributed by atoms with Crippen LogP contribution in [0.2, 0.25) is 0 Å². The Morgan fingerprint density at radius 3 is 2.24 bits per heavy atom. The molecule has 0 spiro atoms. The van der Waals surface area contributed by atoms with Crippen molar-refractivity contribution in [3.8, 4) is 0 Å². The van der Waals surface area contributed by atoms with Crippen molar-refractivity contribution in [3.05, 3.63) is 77.1 Å². The van der Waals surface area contributed by atoms with Gasteiger partial charge >= 0.3 is 29.9 Å². The Balaban J connectivity index is 0.931. The smallest absolute Gasteiger partial charge is 0.339 e. The van der Waals surface area contributed by atoms with Crippen LogP contribution in [0.15, 0.2) is 59.7 Å². The van der Waals surface area contributed by atoms with E-state index < -0.39 is 134 Å². The Morgan fingerprint density at radius 2 is 1.57 bits per heavy atom. The minimum Gasteiger partial charge on any atom is -0.481 e. The topological polar surface area (TPSA) is 402 Å². The van der Waals surface area contributed by atoms with Crippen molar-refractivity contribution in [2.24, 2.45) is 10.9 Å². The van der Waals surface area contributed by atoms with Crippen molar-refractivity contribution < 1.29 is 86.9 Å². The van der Waals surface area contributed by atoms with Crippen LogP contribution in [0.4, 0.5) is 4.79 Å². The van der Waals surface area contributed by atoms with Gasteiger partial charge in [-0.15, -0.1) is 5.06 Å². The highest BCUT2D eigenvalue weighted by Crippen LogP contribution is 2.32. The van der Waals surface area contributed by atoms with Crippen molar-refractivity contribution >= 4 is 101 Å². The number of fused-ring (bicyclic) bond motifs is 1. The predicted molar refractivity (Wildman–Crippen MR) is 273 cm³/mol. The predicted octanol–water partition coefficient (Wildman–Crippen LogP) is -1.36. The maximum Gasteiger partial charge on any atom is 0.339 e. The normalized spacial score (nSPS) is 21.4. The van der Waals surface area contributed by atoms with Crippen molar-refractivity contribution in [2.75, 3.05) is 25.4 Å². The van der Waals surface area contributed by atoms with E-state index in [4.69, 9.17) is 9.57 Å². The number of hydrogen-bond acceptors (Lipinski definition) is 19. The van der Waals surface area contributed by atoms with Crippen LogP contribution in [-0.4, -0.2) is 181 Å². The number of carboxylic acids is 2. The molecule has 5 fully saturated rings. The summed E-state index contributed by atoms with van der Waals surface area (Å²) in [6.07, 6.45) is -0.583. The van der Waals surface area contributed by atoms with Crippen LogP contribution in [0.25, 0.3) is 0 Å². The summed E-state index contributed by atoms with van der Waals surface area (Å²) < 4.78 is 5.32. The average molecular weight is 1130 g/mol. The fraction of sp³-hybridized carbons (Fsp3) is 0.451. The molecule has 5 aliphatic rings. The fourth-order valence-corrected chi connectivity index (χ4v) is 10.8. The Hall–Kier alpha value is -8.89. The van der Waals surface area contributed by atoms with Gasteiger partial charge in [-0.1, -0.05) is 18.7 Å². The van der Waals surface area contributed by atoms with Gasteiger partial charge in [-0.05, 0) is 54.7 Å². The molecule has 9 amide bonds. The monoisotopic (exact) mass is 1130 g/mol. The average Bonchev–Trinajstić information content (AvgIpc) is 4.27. The number of likely N-dealkylation sites (tertiary alicyclic amines) is 1. The van der Waals surface area contributed by atoms with Crippen LogP contribution in [0.5, 0.6) is 0 Å². The zero-order valence-electron chi connectivity index (χ0n) is 42.7. The second-order valence-corrected chi connectivity index (χ2v) is 20.5. The van der Waals surface area contributed by atoms with E-state index in [-0.39, 0.29) is 97.0 Å². The van der Waals surface area contributed by atoms with E-state index >= 15 is 0 Å². The van der Waals surface area contributed by atoms with E-state index in [0.717, 1.165) is 4.90 Å². The number of hydrogen-bond donors (Lipinski definition) is 8. The van der Waals surface area contributed by atoms with Gasteiger partial charge in [0.15, 0.2) is 17.7 Å². The van der Waals surface area contributed by atoms with Gasteiger partial charge in [-0.25, -0.2) is 19.2 Å². The molecule has 1 saturated carbocycles. The number of esters is 1. The van der Waals surface area contributed by atoms with E-state index in [0.29, 0.717) is 29.0 Å². The standard InChI is InChI=1S/C51H56N10O18S/c1-25-4-11-35(62)45(25)78-50(76)27-7-5-26(6-8-27)19-52-21-30-10-9-28(20-53-30)47(72)57-31(17-42(68)69)48(73)60-14-2-3-34(60)36(63)15-29(16-43(70)79-61-40(66)12-13-41(61)67)46(71)55-23-39(65)56-32(49(74)75)22-54-38(64)18-37-44-33(24-80-37)58-51(77)59-44/h5-10,19-20,29,31-34,37,44-45H,1-4,11-18,21-24H2,(H,54,64)(H,55,71)(H,56,65)(H,57,72)(H,68,69)(H,74,75)(H2,58,59,77). The van der Waals surface area contributed by atoms with Gasteiger partial charge in [-0.2, -0.15) is 11.8 Å². The molecule has 4 saturated heterocycles. The molecule has 8 N–H and O–H groups in total. The number of aromatic nitrogens is 1. The summed E-state index contributed by atoms with van der Waals surface area (Å²) in [5.41, 5.74) is 1.74. The molecule has 2 aromatic rings. The molecule has 7 rings (SSSR count). The Morgan fingerprint density at radius 1 is 0.850 bits per heavy atom. The van der Waals surface area contributed by atoms with Crippen molar-refractivity contribution in [2.45, 2.75) is 112 Å². The zero-order chi connectivity index (χ0) is 57.8. The van der Waals surface area contributed by atoms with Crippen molar-refractivity contribution in [1.82, 2.24) is 46.8 Å². The molecule has 4 aliphatic heterocycles. The first-order chi connectivity index (χ1) is 38.1. The number of carboxylic acid groups (broad SMARTS) is 2. The number of carbonyl (C=O) groups excluding carboxylic acids is 12. The number of pyridine rings is 1. The largest absolute Gasteiger partial charge is 0.481 e. The third kappa shape index (κ3) is 15.4. The SMILES string of the molecule is C=C1CCC(=O)C1OC(=O)c1ccc(C=NCc2ccc(C(=O)NC(CC(=O)O)C(=O)N3CCCC3C(=O)CC(CC(=O)ON3C(=O)CCC3=O)C(=O)NCC(=O)NC(CNC(=O)CC3SCC4NC(=O)NC43)C(=O)O)cn2)cc1. The maximum absolute atomic E-state index is 14.1. The number of aliphatic imine (C=N–C) groups is 1. The molecule has 8 unspecified atom stereocenters. The molecule has 1 aromatic heterocycles. The van der Waals surface area contributed by atoms with Gasteiger partial charge in [0, 0.05) is 68.6 Å². The number of Topliss-reactive ketones (excluding diaryl/α,β-unsaturated/α-hetero) is 2. The van der Waals surface area contributed by atoms with Crippen LogP contribution >= 0.6 is 11.8 Å². The van der Waals surface area contributed by atoms with E-state index in [2.05, 4.69) is 48.5 Å². The Bertz CT molecular complexity index is 2870. The first-order valence-corrected chi connectivity index (χ1v) is 26.3. The number of ether oxygens (including phenoxy) is 1. The molecule has 0 bridgehead atoms. The first-order valence-electron chi connectivity index (χ1n) is 25.3. The number of aliphatic carboxylic acids is 2. The summed E-state index contributed by atoms with van der Waals surface area (Å²) in [7, 11) is 0. The number of nitrogens with one attached hydrogen (secondary N) is 6. The number of thioether (sulfide) groups is 1. The number of imide groups is 1. The summed E-state index contributed by atoms with van der Waals surface area (Å²) in [5.74, 6) is -13.4. The number of benzene rings is 1. The van der Waals surface area contributed by atoms with E-state index in [1.165, 1.54) is 48.4 Å². The molecular weight excluding hydrogens is 1070 g/mol. The summed E-state index contributed by atoms with van der Waals surface area (Å²) in [6.45, 7) is 2.27. The molecule has 28 nitrogen and oxygen atoms in total. The molecule has 0 radical (unpaired) electrons. The molecule has 1 aliphatic carbocycles. The highest BCUT2D eigenvalue weighted by Gasteiger charge is 2.44. The second kappa shape index (κ2) is 26.6. The molecule has 8 atom stereocenters. The minimum atomic E-state index is -1.71. The molecule has 80 heavy (non-hydrogen) atoms. The highest BCUT2D eigenvalue weighted by atomic mass is 32.2. The number of amides is 9. The lowest BCUT2D eigenvalue weighted by molar-refractivity contribution is -0.198. The molecule has 29 heteroatoms. The quantitative estimate of drug-likeness (QED) is 0.0187. The number of urea groups is 1. The maximum atomic E-state index is 14.1. The third-order valence-electron chi connectivity index (χ3n) is 13.5. The second-order valence-electron chi connectivity index (χ2n) is 19.3. The van der Waals surface area contributed by atoms with E-state index in [1.54, 1.807) is 12.1 Å².